The minimum atomic E-state index is 0.666. The van der Waals surface area contributed by atoms with E-state index >= 15 is 0 Å². The van der Waals surface area contributed by atoms with Crippen molar-refractivity contribution in [1.29, 1.82) is 0 Å². The summed E-state index contributed by atoms with van der Waals surface area (Å²) < 4.78 is 0. The lowest BCUT2D eigenvalue weighted by molar-refractivity contribution is 1.27. The molecule has 0 unspecified atom stereocenters. The third-order valence-electron chi connectivity index (χ3n) is 1.18. The second-order valence-electron chi connectivity index (χ2n) is 2.02. The SMILES string of the molecule is C=CCc1[c]c(Cl)ccc1. The summed E-state index contributed by atoms with van der Waals surface area (Å²) in [6, 6.07) is 8.71. The van der Waals surface area contributed by atoms with Crippen LogP contribution in [0.3, 0.4) is 0 Å². The molecule has 0 saturated carbocycles. The molecule has 1 aromatic carbocycles. The zero-order valence-electron chi connectivity index (χ0n) is 5.60. The first-order chi connectivity index (χ1) is 4.83. The highest BCUT2D eigenvalue weighted by atomic mass is 35.5. The topological polar surface area (TPSA) is 0 Å². The van der Waals surface area contributed by atoms with Gasteiger partial charge in [-0.1, -0.05) is 29.8 Å². The average molecular weight is 152 g/mol. The molecule has 0 aliphatic heterocycles. The molecule has 0 heterocycles. The molecule has 0 atom stereocenters. The van der Waals surface area contributed by atoms with Gasteiger partial charge in [0.25, 0.3) is 0 Å². The number of benzene rings is 1. The summed E-state index contributed by atoms with van der Waals surface area (Å²) in [6.07, 6.45) is 2.67. The first-order valence-corrected chi connectivity index (χ1v) is 3.48. The van der Waals surface area contributed by atoms with E-state index in [0.717, 1.165) is 12.0 Å². The molecule has 0 aliphatic carbocycles. The monoisotopic (exact) mass is 151 g/mol. The van der Waals surface area contributed by atoms with E-state index in [4.69, 9.17) is 11.6 Å². The molecule has 1 radical (unpaired) electrons. The quantitative estimate of drug-likeness (QED) is 0.571. The van der Waals surface area contributed by atoms with E-state index in [1.54, 1.807) is 0 Å². The van der Waals surface area contributed by atoms with Gasteiger partial charge in [-0.15, -0.1) is 6.58 Å². The van der Waals surface area contributed by atoms with Crippen LogP contribution >= 0.6 is 11.6 Å². The Morgan fingerprint density at radius 2 is 2.40 bits per heavy atom. The summed E-state index contributed by atoms with van der Waals surface area (Å²) in [4.78, 5) is 0. The van der Waals surface area contributed by atoms with Crippen LogP contribution in [0.5, 0.6) is 0 Å². The Kier molecular flexibility index (Phi) is 2.52. The van der Waals surface area contributed by atoms with Crippen molar-refractivity contribution in [2.75, 3.05) is 0 Å². The summed E-state index contributed by atoms with van der Waals surface area (Å²) in [5, 5.41) is 0.666. The van der Waals surface area contributed by atoms with Crippen molar-refractivity contribution in [2.24, 2.45) is 0 Å². The number of hydrogen-bond donors (Lipinski definition) is 0. The maximum absolute atomic E-state index is 5.69. The normalized spacial score (nSPS) is 9.30. The molecule has 0 N–H and O–H groups in total. The van der Waals surface area contributed by atoms with Crippen LogP contribution in [0, 0.1) is 6.07 Å². The molecule has 0 nitrogen and oxygen atoms in total. The Hall–Kier alpha value is -0.750. The second-order valence-corrected chi connectivity index (χ2v) is 2.42. The van der Waals surface area contributed by atoms with Gasteiger partial charge in [-0.25, -0.2) is 0 Å². The molecule has 0 saturated heterocycles. The van der Waals surface area contributed by atoms with E-state index in [-0.39, 0.29) is 0 Å². The molecule has 0 aliphatic rings. The molecule has 0 spiro atoms. The molecule has 1 heteroatoms. The van der Waals surface area contributed by atoms with Crippen molar-refractivity contribution in [1.82, 2.24) is 0 Å². The fourth-order valence-corrected chi connectivity index (χ4v) is 0.954. The van der Waals surface area contributed by atoms with Crippen molar-refractivity contribution in [3.63, 3.8) is 0 Å². The number of rotatable bonds is 2. The maximum Gasteiger partial charge on any atom is 0.0487 e. The van der Waals surface area contributed by atoms with Crippen molar-refractivity contribution in [2.45, 2.75) is 6.42 Å². The molecule has 10 heavy (non-hydrogen) atoms. The van der Waals surface area contributed by atoms with Crippen LogP contribution in [0.15, 0.2) is 30.9 Å². The Morgan fingerprint density at radius 3 is 3.00 bits per heavy atom. The van der Waals surface area contributed by atoms with Gasteiger partial charge >= 0.3 is 0 Å². The predicted octanol–water partition coefficient (Wildman–Crippen LogP) is 2.87. The Balaban J connectivity index is 2.84. The van der Waals surface area contributed by atoms with Gasteiger partial charge in [0.1, 0.15) is 0 Å². The van der Waals surface area contributed by atoms with Gasteiger partial charge in [0.15, 0.2) is 0 Å². The van der Waals surface area contributed by atoms with Gasteiger partial charge in [-0.3, -0.25) is 0 Å². The van der Waals surface area contributed by atoms with E-state index < -0.39 is 0 Å². The van der Waals surface area contributed by atoms with Crippen LogP contribution in [0.4, 0.5) is 0 Å². The van der Waals surface area contributed by atoms with Crippen LogP contribution in [-0.2, 0) is 6.42 Å². The van der Waals surface area contributed by atoms with E-state index in [9.17, 15) is 0 Å². The molecular weight excluding hydrogens is 144 g/mol. The number of allylic oxidation sites excluding steroid dienone is 1. The van der Waals surface area contributed by atoms with Crippen LogP contribution in [0.1, 0.15) is 5.56 Å². The van der Waals surface area contributed by atoms with E-state index in [2.05, 4.69) is 12.6 Å². The molecule has 0 aromatic heterocycles. The van der Waals surface area contributed by atoms with Gasteiger partial charge in [-0.05, 0) is 18.1 Å². The lowest BCUT2D eigenvalue weighted by Crippen LogP contribution is -1.78. The fourth-order valence-electron chi connectivity index (χ4n) is 0.760. The van der Waals surface area contributed by atoms with Crippen LogP contribution in [0.2, 0.25) is 5.02 Å². The maximum atomic E-state index is 5.69. The molecule has 0 fully saturated rings. The third kappa shape index (κ3) is 1.89. The molecule has 1 aromatic rings. The van der Waals surface area contributed by atoms with Crippen LogP contribution in [0.25, 0.3) is 0 Å². The molecule has 0 bridgehead atoms. The van der Waals surface area contributed by atoms with E-state index in [1.165, 1.54) is 0 Å². The minimum absolute atomic E-state index is 0.666. The smallest absolute Gasteiger partial charge is 0.0487 e. The third-order valence-corrected chi connectivity index (χ3v) is 1.40. The molecule has 51 valence electrons. The van der Waals surface area contributed by atoms with E-state index in [1.807, 2.05) is 24.3 Å². The summed E-state index contributed by atoms with van der Waals surface area (Å²) >= 11 is 5.69. The highest BCUT2D eigenvalue weighted by molar-refractivity contribution is 6.30. The zero-order valence-corrected chi connectivity index (χ0v) is 6.36. The Morgan fingerprint density at radius 1 is 1.60 bits per heavy atom. The number of hydrogen-bond acceptors (Lipinski definition) is 0. The lowest BCUT2D eigenvalue weighted by atomic mass is 10.2. The van der Waals surface area contributed by atoms with Crippen molar-refractivity contribution in [3.05, 3.63) is 47.5 Å². The van der Waals surface area contributed by atoms with Crippen LogP contribution in [-0.4, -0.2) is 0 Å². The summed E-state index contributed by atoms with van der Waals surface area (Å²) in [5.74, 6) is 0. The fraction of sp³-hybridized carbons (Fsp3) is 0.111. The highest BCUT2D eigenvalue weighted by Crippen LogP contribution is 2.09. The Labute approximate surface area is 66.1 Å². The first kappa shape index (κ1) is 7.36. The number of halogens is 1. The molecule has 1 rings (SSSR count). The van der Waals surface area contributed by atoms with Gasteiger partial charge in [0, 0.05) is 11.1 Å². The predicted molar refractivity (Wildman–Crippen MR) is 44.2 cm³/mol. The average Bonchev–Trinajstić information content (AvgIpc) is 1.88. The first-order valence-electron chi connectivity index (χ1n) is 3.10. The van der Waals surface area contributed by atoms with Gasteiger partial charge in [0.2, 0.25) is 0 Å². The van der Waals surface area contributed by atoms with Crippen molar-refractivity contribution < 1.29 is 0 Å². The standard InChI is InChI=1S/C9H8Cl/c1-2-4-8-5-3-6-9(10)7-8/h2-3,5-6H,1,4H2. The highest BCUT2D eigenvalue weighted by Gasteiger charge is 1.89. The zero-order chi connectivity index (χ0) is 7.40. The van der Waals surface area contributed by atoms with Crippen LogP contribution < -0.4 is 0 Å². The van der Waals surface area contributed by atoms with Gasteiger partial charge in [0.05, 0.1) is 0 Å². The van der Waals surface area contributed by atoms with E-state index in [0.29, 0.717) is 5.02 Å². The summed E-state index contributed by atoms with van der Waals surface area (Å²) in [6.45, 7) is 3.62. The van der Waals surface area contributed by atoms with Crippen molar-refractivity contribution >= 4 is 11.6 Å². The lowest BCUT2D eigenvalue weighted by Gasteiger charge is -1.93. The molecular formula is C9H8Cl. The van der Waals surface area contributed by atoms with Gasteiger partial charge < -0.3 is 0 Å². The molecule has 0 amide bonds. The summed E-state index contributed by atoms with van der Waals surface area (Å²) in [7, 11) is 0. The Bertz CT molecular complexity index is 228. The minimum Gasteiger partial charge on any atom is -0.103 e. The summed E-state index contributed by atoms with van der Waals surface area (Å²) in [5.41, 5.74) is 1.09. The van der Waals surface area contributed by atoms with Gasteiger partial charge in [-0.2, -0.15) is 0 Å². The van der Waals surface area contributed by atoms with Crippen molar-refractivity contribution in [3.8, 4) is 0 Å². The largest absolute Gasteiger partial charge is 0.103 e. The second kappa shape index (κ2) is 3.43.